The Balaban J connectivity index is 0. The van der Waals surface area contributed by atoms with E-state index in [9.17, 15) is 8.78 Å². The van der Waals surface area contributed by atoms with E-state index in [-0.39, 0.29) is 45.6 Å². The Morgan fingerprint density at radius 1 is 1.18 bits per heavy atom. The quantitative estimate of drug-likeness (QED) is 0.387. The maximum absolute atomic E-state index is 12.3. The first-order chi connectivity index (χ1) is 4.20. The van der Waals surface area contributed by atoms with Gasteiger partial charge in [-0.15, -0.1) is 0 Å². The molecule has 0 aliphatic carbocycles. The molecule has 4 heteroatoms. The molecule has 1 aromatic rings. The van der Waals surface area contributed by atoms with Crippen LogP contribution >= 0.6 is 0 Å². The van der Waals surface area contributed by atoms with Crippen molar-refractivity contribution in [3.05, 3.63) is 42.3 Å². The fraction of sp³-hybridized carbons (Fsp3) is 0. The molecule has 0 nitrogen and oxygen atoms in total. The van der Waals surface area contributed by atoms with E-state index in [0.29, 0.717) is 0 Å². The van der Waals surface area contributed by atoms with Crippen LogP contribution in [0.5, 0.6) is 0 Å². The van der Waals surface area contributed by atoms with E-state index in [0.717, 1.165) is 6.07 Å². The van der Waals surface area contributed by atoms with Crippen molar-refractivity contribution in [1.82, 2.24) is 0 Å². The Kier molecular flexibility index (Phi) is 7.25. The van der Waals surface area contributed by atoms with Gasteiger partial charge in [-0.2, -0.15) is 18.6 Å². The minimum absolute atomic E-state index is 0. The first kappa shape index (κ1) is 13.8. The van der Waals surface area contributed by atoms with E-state index in [1.165, 1.54) is 12.1 Å². The molecule has 0 N–H and O–H groups in total. The zero-order chi connectivity index (χ0) is 6.85. The molecule has 0 atom stereocenters. The van der Waals surface area contributed by atoms with Gasteiger partial charge in [0.25, 0.3) is 0 Å². The van der Waals surface area contributed by atoms with Gasteiger partial charge in [0.1, 0.15) is 5.82 Å². The molecular formula is C7H5BrF2Mg. The van der Waals surface area contributed by atoms with Crippen molar-refractivity contribution in [2.24, 2.45) is 0 Å². The van der Waals surface area contributed by atoms with Crippen molar-refractivity contribution >= 4 is 23.1 Å². The normalized spacial score (nSPS) is 7.82. The largest absolute Gasteiger partial charge is 2.00 e. The SMILES string of the molecule is [Br-].[CH2-]c1ccc(F)cc1F.[Mg+2]. The zero-order valence-electron chi connectivity index (χ0n) is 5.78. The fourth-order valence-electron chi connectivity index (χ4n) is 0.522. The molecule has 0 spiro atoms. The second kappa shape index (κ2) is 5.80. The average Bonchev–Trinajstić information content (AvgIpc) is 1.80. The molecule has 0 fully saturated rings. The molecule has 56 valence electrons. The number of benzene rings is 1. The molecule has 0 bridgehead atoms. The summed E-state index contributed by atoms with van der Waals surface area (Å²) in [5.74, 6) is -1.17. The summed E-state index contributed by atoms with van der Waals surface area (Å²) in [4.78, 5) is 0. The Morgan fingerprint density at radius 3 is 2.09 bits per heavy atom. The third-order valence-electron chi connectivity index (χ3n) is 1.02. The first-order valence-electron chi connectivity index (χ1n) is 2.47. The molecule has 11 heavy (non-hydrogen) atoms. The predicted molar refractivity (Wildman–Crippen MR) is 36.6 cm³/mol. The molecule has 0 aliphatic heterocycles. The summed E-state index contributed by atoms with van der Waals surface area (Å²) in [6.07, 6.45) is 0. The second-order valence-corrected chi connectivity index (χ2v) is 1.74. The number of hydrogen-bond donors (Lipinski definition) is 0. The van der Waals surface area contributed by atoms with E-state index >= 15 is 0 Å². The molecule has 0 saturated carbocycles. The molecule has 0 aromatic heterocycles. The maximum atomic E-state index is 12.3. The van der Waals surface area contributed by atoms with Crippen LogP contribution in [0.3, 0.4) is 0 Å². The van der Waals surface area contributed by atoms with Crippen LogP contribution in [0, 0.1) is 18.6 Å². The first-order valence-corrected chi connectivity index (χ1v) is 2.47. The van der Waals surface area contributed by atoms with Gasteiger partial charge < -0.3 is 17.0 Å². The standard InChI is InChI=1S/C7H5F2.BrH.Mg/c1-5-2-3-6(8)4-7(5)9;;/h2-4H,1H2;1H;/q-1;;+2/p-1. The summed E-state index contributed by atoms with van der Waals surface area (Å²) in [5, 5.41) is 0. The van der Waals surface area contributed by atoms with Crippen molar-refractivity contribution in [2.45, 2.75) is 0 Å². The predicted octanol–water partition coefficient (Wildman–Crippen LogP) is -1.23. The van der Waals surface area contributed by atoms with Crippen LogP contribution < -0.4 is 17.0 Å². The van der Waals surface area contributed by atoms with Gasteiger partial charge in [-0.3, -0.25) is 4.39 Å². The summed E-state index contributed by atoms with van der Waals surface area (Å²) in [6.45, 7) is 3.32. The van der Waals surface area contributed by atoms with Crippen molar-refractivity contribution < 1.29 is 25.8 Å². The zero-order valence-corrected chi connectivity index (χ0v) is 8.78. The molecule has 0 unspecified atom stereocenters. The van der Waals surface area contributed by atoms with Gasteiger partial charge in [-0.25, -0.2) is 4.39 Å². The van der Waals surface area contributed by atoms with Gasteiger partial charge in [-0.05, 0) is 6.07 Å². The van der Waals surface area contributed by atoms with Crippen molar-refractivity contribution in [3.63, 3.8) is 0 Å². The van der Waals surface area contributed by atoms with Gasteiger partial charge in [0, 0.05) is 5.82 Å². The van der Waals surface area contributed by atoms with Crippen LogP contribution in [0.4, 0.5) is 8.78 Å². The van der Waals surface area contributed by atoms with E-state index in [2.05, 4.69) is 6.92 Å². The van der Waals surface area contributed by atoms with Gasteiger partial charge in [0.2, 0.25) is 0 Å². The molecule has 0 amide bonds. The molecular weight excluding hydrogens is 226 g/mol. The van der Waals surface area contributed by atoms with Gasteiger partial charge in [0.05, 0.1) is 0 Å². The Bertz CT molecular complexity index is 228. The van der Waals surface area contributed by atoms with Gasteiger partial charge in [-0.1, -0.05) is 6.07 Å². The van der Waals surface area contributed by atoms with E-state index in [1.54, 1.807) is 0 Å². The second-order valence-electron chi connectivity index (χ2n) is 1.74. The van der Waals surface area contributed by atoms with Crippen LogP contribution in [0.25, 0.3) is 0 Å². The van der Waals surface area contributed by atoms with Crippen LogP contribution in [0.15, 0.2) is 18.2 Å². The van der Waals surface area contributed by atoms with E-state index in [1.807, 2.05) is 0 Å². The van der Waals surface area contributed by atoms with Crippen molar-refractivity contribution in [1.29, 1.82) is 0 Å². The summed E-state index contributed by atoms with van der Waals surface area (Å²) < 4.78 is 24.4. The van der Waals surface area contributed by atoms with Crippen LogP contribution in [-0.2, 0) is 0 Å². The third-order valence-corrected chi connectivity index (χ3v) is 1.02. The minimum atomic E-state index is -0.602. The van der Waals surface area contributed by atoms with E-state index < -0.39 is 11.6 Å². The maximum Gasteiger partial charge on any atom is 2.00 e. The Labute approximate surface area is 90.9 Å². The number of hydrogen-bond acceptors (Lipinski definition) is 0. The smallest absolute Gasteiger partial charge is 1.00 e. The number of halogens is 3. The van der Waals surface area contributed by atoms with Crippen molar-refractivity contribution in [3.8, 4) is 0 Å². The van der Waals surface area contributed by atoms with Gasteiger partial charge in [0.15, 0.2) is 0 Å². The molecule has 0 saturated heterocycles. The van der Waals surface area contributed by atoms with Crippen molar-refractivity contribution in [2.75, 3.05) is 0 Å². The van der Waals surface area contributed by atoms with Crippen LogP contribution in [0.1, 0.15) is 5.56 Å². The summed E-state index contributed by atoms with van der Waals surface area (Å²) in [7, 11) is 0. The summed E-state index contributed by atoms with van der Waals surface area (Å²) in [5.41, 5.74) is 0.219. The van der Waals surface area contributed by atoms with Crippen LogP contribution in [-0.4, -0.2) is 23.1 Å². The topological polar surface area (TPSA) is 0 Å². The Hall–Kier alpha value is 0.196. The Morgan fingerprint density at radius 2 is 1.73 bits per heavy atom. The molecule has 1 rings (SSSR count). The molecule has 1 aromatic carbocycles. The number of rotatable bonds is 0. The summed E-state index contributed by atoms with van der Waals surface area (Å²) in [6, 6.07) is 3.28. The monoisotopic (exact) mass is 230 g/mol. The third kappa shape index (κ3) is 3.93. The minimum Gasteiger partial charge on any atom is -1.00 e. The van der Waals surface area contributed by atoms with Crippen LogP contribution in [0.2, 0.25) is 0 Å². The molecule has 0 radical (unpaired) electrons. The average molecular weight is 231 g/mol. The summed E-state index contributed by atoms with van der Waals surface area (Å²) >= 11 is 0. The van der Waals surface area contributed by atoms with Gasteiger partial charge >= 0.3 is 23.1 Å². The fourth-order valence-corrected chi connectivity index (χ4v) is 0.522. The molecule has 0 aliphatic rings. The van der Waals surface area contributed by atoms with E-state index in [4.69, 9.17) is 0 Å². The molecule has 0 heterocycles.